The molecule has 4 rings (SSSR count). The molecule has 178 valence electrons. The van der Waals surface area contributed by atoms with Crippen LogP contribution in [0.2, 0.25) is 0 Å². The van der Waals surface area contributed by atoms with E-state index in [0.717, 1.165) is 63.9 Å². The molecule has 0 spiro atoms. The maximum absolute atomic E-state index is 5.52. The largest absolute Gasteiger partial charge is 0.385 e. The van der Waals surface area contributed by atoms with Gasteiger partial charge in [0.05, 0.1) is 13.2 Å². The van der Waals surface area contributed by atoms with Crippen molar-refractivity contribution in [2.45, 2.75) is 6.42 Å². The van der Waals surface area contributed by atoms with E-state index in [1.165, 1.54) is 5.69 Å². The number of hydrogen-bond acceptors (Lipinski definition) is 8. The summed E-state index contributed by atoms with van der Waals surface area (Å²) in [6.07, 6.45) is 0.879. The van der Waals surface area contributed by atoms with Gasteiger partial charge in [0, 0.05) is 71.3 Å². The summed E-state index contributed by atoms with van der Waals surface area (Å²) in [6, 6.07) is 12.7. The summed E-state index contributed by atoms with van der Waals surface area (Å²) in [5.74, 6) is 2.34. The highest BCUT2D eigenvalue weighted by atomic mass is 32.1. The molecule has 2 saturated heterocycles. The number of nitrogens with zero attached hydrogens (tertiary/aromatic N) is 5. The Bertz CT molecular complexity index is 888. The van der Waals surface area contributed by atoms with Crippen LogP contribution in [0.3, 0.4) is 0 Å². The number of aromatic nitrogens is 2. The first-order valence-electron chi connectivity index (χ1n) is 11.5. The number of para-hydroxylation sites is 1. The maximum atomic E-state index is 5.52. The molecule has 0 unspecified atom stereocenters. The third kappa shape index (κ3) is 6.66. The van der Waals surface area contributed by atoms with Gasteiger partial charge < -0.3 is 34.8 Å². The third-order valence-corrected chi connectivity index (χ3v) is 6.04. The second-order valence-corrected chi connectivity index (χ2v) is 8.45. The number of benzene rings is 1. The van der Waals surface area contributed by atoms with Gasteiger partial charge in [-0.15, -0.1) is 0 Å². The van der Waals surface area contributed by atoms with Crippen molar-refractivity contribution < 1.29 is 9.47 Å². The Labute approximate surface area is 201 Å². The van der Waals surface area contributed by atoms with Crippen LogP contribution in [0.5, 0.6) is 0 Å². The van der Waals surface area contributed by atoms with Gasteiger partial charge in [-0.1, -0.05) is 18.2 Å². The van der Waals surface area contributed by atoms with E-state index in [-0.39, 0.29) is 0 Å². The van der Waals surface area contributed by atoms with E-state index < -0.39 is 0 Å². The predicted octanol–water partition coefficient (Wildman–Crippen LogP) is 1.96. The molecule has 0 bridgehead atoms. The topological polar surface area (TPSA) is 78.0 Å². The van der Waals surface area contributed by atoms with Crippen molar-refractivity contribution >= 4 is 40.6 Å². The number of methoxy groups -OCH3 is 1. The molecule has 0 amide bonds. The van der Waals surface area contributed by atoms with Gasteiger partial charge >= 0.3 is 0 Å². The summed E-state index contributed by atoms with van der Waals surface area (Å²) in [5.41, 5.74) is 1.26. The van der Waals surface area contributed by atoms with Gasteiger partial charge in [-0.3, -0.25) is 0 Å². The first kappa shape index (κ1) is 23.5. The van der Waals surface area contributed by atoms with E-state index in [1.54, 1.807) is 7.11 Å². The quantitative estimate of drug-likeness (QED) is 0.441. The molecule has 2 fully saturated rings. The lowest BCUT2D eigenvalue weighted by Gasteiger charge is -2.37. The molecular formula is C23H33N7O2S. The van der Waals surface area contributed by atoms with E-state index in [1.807, 2.05) is 0 Å². The Morgan fingerprint density at radius 2 is 1.61 bits per heavy atom. The Hall–Kier alpha value is -2.69. The lowest BCUT2D eigenvalue weighted by molar-refractivity contribution is 0.122. The van der Waals surface area contributed by atoms with Crippen LogP contribution in [0.1, 0.15) is 6.42 Å². The molecular weight excluding hydrogens is 438 g/mol. The highest BCUT2D eigenvalue weighted by molar-refractivity contribution is 7.80. The molecule has 1 aromatic heterocycles. The number of nitrogens with one attached hydrogen (secondary N) is 2. The standard InChI is InChI=1S/C23H33N7O2S/c1-31-15-5-8-24-23(33)27-22-25-20(18-21(26-22)30-13-16-32-17-14-30)29-11-9-28(10-12-29)19-6-3-2-4-7-19/h2-4,6-7,18H,5,8-17H2,1H3,(H2,24,25,26,27,33). The second-order valence-electron chi connectivity index (χ2n) is 8.04. The minimum atomic E-state index is 0.517. The molecule has 0 aliphatic carbocycles. The van der Waals surface area contributed by atoms with Crippen molar-refractivity contribution in [1.29, 1.82) is 0 Å². The van der Waals surface area contributed by atoms with Crippen LogP contribution in [0.25, 0.3) is 0 Å². The molecule has 0 radical (unpaired) electrons. The van der Waals surface area contributed by atoms with Gasteiger partial charge in [0.15, 0.2) is 5.11 Å². The fourth-order valence-electron chi connectivity index (χ4n) is 3.99. The zero-order valence-corrected chi connectivity index (χ0v) is 20.0. The SMILES string of the molecule is COCCCNC(=S)Nc1nc(N2CCOCC2)cc(N2CCN(c3ccccc3)CC2)n1. The summed E-state index contributed by atoms with van der Waals surface area (Å²) in [4.78, 5) is 16.6. The van der Waals surface area contributed by atoms with E-state index in [2.05, 4.69) is 61.7 Å². The average molecular weight is 472 g/mol. The van der Waals surface area contributed by atoms with Crippen molar-refractivity contribution in [3.8, 4) is 0 Å². The average Bonchev–Trinajstić information content (AvgIpc) is 2.87. The first-order chi connectivity index (χ1) is 16.2. The normalized spacial score (nSPS) is 16.6. The summed E-state index contributed by atoms with van der Waals surface area (Å²) >= 11 is 5.46. The van der Waals surface area contributed by atoms with Crippen molar-refractivity contribution in [1.82, 2.24) is 15.3 Å². The smallest absolute Gasteiger partial charge is 0.232 e. The maximum Gasteiger partial charge on any atom is 0.232 e. The fraction of sp³-hybridized carbons (Fsp3) is 0.522. The number of piperazine rings is 1. The number of morpholine rings is 1. The predicted molar refractivity (Wildman–Crippen MR) is 137 cm³/mol. The highest BCUT2D eigenvalue weighted by Gasteiger charge is 2.22. The molecule has 33 heavy (non-hydrogen) atoms. The fourth-order valence-corrected chi connectivity index (χ4v) is 4.18. The molecule has 10 heteroatoms. The van der Waals surface area contributed by atoms with Crippen molar-refractivity contribution in [2.24, 2.45) is 0 Å². The van der Waals surface area contributed by atoms with Crippen LogP contribution >= 0.6 is 12.2 Å². The Morgan fingerprint density at radius 3 is 2.27 bits per heavy atom. The van der Waals surface area contributed by atoms with Crippen LogP contribution in [0.4, 0.5) is 23.3 Å². The van der Waals surface area contributed by atoms with Crippen LogP contribution < -0.4 is 25.3 Å². The number of ether oxygens (including phenoxy) is 2. The van der Waals surface area contributed by atoms with E-state index in [0.29, 0.717) is 30.9 Å². The summed E-state index contributed by atoms with van der Waals surface area (Å²) < 4.78 is 10.6. The molecule has 2 N–H and O–H groups in total. The van der Waals surface area contributed by atoms with Crippen LogP contribution in [-0.4, -0.2) is 87.8 Å². The number of anilines is 4. The monoisotopic (exact) mass is 471 g/mol. The summed E-state index contributed by atoms with van der Waals surface area (Å²) in [5, 5.41) is 6.89. The van der Waals surface area contributed by atoms with Gasteiger partial charge in [0.1, 0.15) is 11.6 Å². The summed E-state index contributed by atoms with van der Waals surface area (Å²) in [7, 11) is 1.70. The zero-order valence-electron chi connectivity index (χ0n) is 19.2. The third-order valence-electron chi connectivity index (χ3n) is 5.80. The summed E-state index contributed by atoms with van der Waals surface area (Å²) in [6.45, 7) is 8.16. The molecule has 9 nitrogen and oxygen atoms in total. The van der Waals surface area contributed by atoms with Crippen LogP contribution in [0, 0.1) is 0 Å². The highest BCUT2D eigenvalue weighted by Crippen LogP contribution is 2.24. The van der Waals surface area contributed by atoms with Gasteiger partial charge in [0.25, 0.3) is 0 Å². The van der Waals surface area contributed by atoms with Crippen molar-refractivity contribution in [2.75, 3.05) is 92.8 Å². The minimum absolute atomic E-state index is 0.517. The van der Waals surface area contributed by atoms with E-state index in [9.17, 15) is 0 Å². The lowest BCUT2D eigenvalue weighted by atomic mass is 10.2. The van der Waals surface area contributed by atoms with E-state index >= 15 is 0 Å². The Morgan fingerprint density at radius 1 is 0.970 bits per heavy atom. The molecule has 0 atom stereocenters. The minimum Gasteiger partial charge on any atom is -0.385 e. The lowest BCUT2D eigenvalue weighted by Crippen LogP contribution is -2.47. The molecule has 2 aliphatic heterocycles. The number of thiocarbonyl (C=S) groups is 1. The number of rotatable bonds is 8. The second kappa shape index (κ2) is 12.0. The first-order valence-corrected chi connectivity index (χ1v) is 11.9. The van der Waals surface area contributed by atoms with Crippen LogP contribution in [-0.2, 0) is 9.47 Å². The zero-order chi connectivity index (χ0) is 22.9. The molecule has 2 aliphatic rings. The molecule has 1 aromatic carbocycles. The van der Waals surface area contributed by atoms with E-state index in [4.69, 9.17) is 31.7 Å². The van der Waals surface area contributed by atoms with Gasteiger partial charge in [-0.25, -0.2) is 0 Å². The van der Waals surface area contributed by atoms with Crippen molar-refractivity contribution in [3.05, 3.63) is 36.4 Å². The Balaban J connectivity index is 1.45. The number of hydrogen-bond donors (Lipinski definition) is 2. The molecule has 2 aromatic rings. The van der Waals surface area contributed by atoms with Gasteiger partial charge in [-0.05, 0) is 30.8 Å². The van der Waals surface area contributed by atoms with Gasteiger partial charge in [-0.2, -0.15) is 9.97 Å². The Kier molecular flexibility index (Phi) is 8.51. The molecule has 0 saturated carbocycles. The van der Waals surface area contributed by atoms with Crippen LogP contribution in [0.15, 0.2) is 36.4 Å². The van der Waals surface area contributed by atoms with Gasteiger partial charge in [0.2, 0.25) is 5.95 Å². The van der Waals surface area contributed by atoms with Crippen molar-refractivity contribution in [3.63, 3.8) is 0 Å². The molecule has 3 heterocycles.